The van der Waals surface area contributed by atoms with E-state index in [2.05, 4.69) is 0 Å². The molecule has 1 N–H and O–H groups in total. The van der Waals surface area contributed by atoms with E-state index in [0.29, 0.717) is 6.61 Å². The number of rotatable bonds is 4. The molecule has 4 nitrogen and oxygen atoms in total. The average Bonchev–Trinajstić information content (AvgIpc) is 2.68. The second kappa shape index (κ2) is 5.01. The van der Waals surface area contributed by atoms with Crippen LogP contribution in [0, 0.1) is 0 Å². The number of para-hydroxylation sites is 1. The van der Waals surface area contributed by atoms with Crippen LogP contribution in [0.3, 0.4) is 0 Å². The third-order valence-corrected chi connectivity index (χ3v) is 2.65. The van der Waals surface area contributed by atoms with Gasteiger partial charge < -0.3 is 14.4 Å². The molecular formula is C13H15NO3. The topological polar surface area (TPSA) is 51.5 Å². The van der Waals surface area contributed by atoms with E-state index in [1.807, 2.05) is 24.3 Å². The highest BCUT2D eigenvalue weighted by molar-refractivity contribution is 5.85. The number of hydrogen-bond donors (Lipinski definition) is 1. The molecule has 0 spiro atoms. The summed E-state index contributed by atoms with van der Waals surface area (Å²) in [7, 11) is 0. The lowest BCUT2D eigenvalue weighted by atomic mass is 10.2. The van der Waals surface area contributed by atoms with Crippen molar-refractivity contribution in [3.8, 4) is 0 Å². The summed E-state index contributed by atoms with van der Waals surface area (Å²) < 4.78 is 6.72. The molecule has 17 heavy (non-hydrogen) atoms. The maximum atomic E-state index is 11.4. The zero-order valence-corrected chi connectivity index (χ0v) is 9.72. The molecule has 1 aromatic heterocycles. The number of nitrogens with zero attached hydrogens (tertiary/aromatic N) is 1. The highest BCUT2D eigenvalue weighted by atomic mass is 16.5. The Morgan fingerprint density at radius 1 is 1.41 bits per heavy atom. The van der Waals surface area contributed by atoms with E-state index >= 15 is 0 Å². The molecule has 0 bridgehead atoms. The fourth-order valence-corrected chi connectivity index (χ4v) is 1.93. The van der Waals surface area contributed by atoms with Crippen LogP contribution < -0.4 is 0 Å². The van der Waals surface area contributed by atoms with Crippen molar-refractivity contribution < 1.29 is 14.6 Å². The fourth-order valence-electron chi connectivity index (χ4n) is 1.93. The predicted octanol–water partition coefficient (Wildman–Crippen LogP) is 1.70. The highest BCUT2D eigenvalue weighted by Crippen LogP contribution is 2.21. The van der Waals surface area contributed by atoms with E-state index in [-0.39, 0.29) is 19.1 Å². The van der Waals surface area contributed by atoms with Crippen LogP contribution in [0.15, 0.2) is 30.5 Å². The lowest BCUT2D eigenvalue weighted by molar-refractivity contribution is -0.143. The number of aliphatic hydroxyl groups excluding tert-OH is 1. The lowest BCUT2D eigenvalue weighted by Crippen LogP contribution is -2.12. The van der Waals surface area contributed by atoms with Crippen molar-refractivity contribution in [1.82, 2.24) is 4.57 Å². The SMILES string of the molecule is CCOC(=O)Cn1cc(CO)c2ccccc21. The molecule has 90 valence electrons. The molecule has 0 unspecified atom stereocenters. The third-order valence-electron chi connectivity index (χ3n) is 2.65. The molecule has 4 heteroatoms. The Hall–Kier alpha value is -1.81. The maximum absolute atomic E-state index is 11.4. The number of carbonyl (C=O) groups is 1. The minimum Gasteiger partial charge on any atom is -0.465 e. The number of carbonyl (C=O) groups excluding carboxylic acids is 1. The van der Waals surface area contributed by atoms with Crippen molar-refractivity contribution >= 4 is 16.9 Å². The van der Waals surface area contributed by atoms with Crippen LogP contribution in [0.25, 0.3) is 10.9 Å². The Morgan fingerprint density at radius 2 is 2.18 bits per heavy atom. The van der Waals surface area contributed by atoms with Crippen molar-refractivity contribution in [2.24, 2.45) is 0 Å². The van der Waals surface area contributed by atoms with E-state index in [1.165, 1.54) is 0 Å². The zero-order valence-electron chi connectivity index (χ0n) is 9.72. The number of hydrogen-bond acceptors (Lipinski definition) is 3. The highest BCUT2D eigenvalue weighted by Gasteiger charge is 2.10. The van der Waals surface area contributed by atoms with Gasteiger partial charge in [-0.2, -0.15) is 0 Å². The first kappa shape index (κ1) is 11.7. The van der Waals surface area contributed by atoms with Crippen LogP contribution in [0.2, 0.25) is 0 Å². The molecule has 2 rings (SSSR count). The number of ether oxygens (including phenoxy) is 1. The lowest BCUT2D eigenvalue weighted by Gasteiger charge is -2.04. The van der Waals surface area contributed by atoms with Gasteiger partial charge in [-0.15, -0.1) is 0 Å². The van der Waals surface area contributed by atoms with Gasteiger partial charge in [-0.25, -0.2) is 0 Å². The van der Waals surface area contributed by atoms with Gasteiger partial charge in [0.2, 0.25) is 0 Å². The molecule has 0 aliphatic carbocycles. The number of esters is 1. The Balaban J connectivity index is 2.37. The average molecular weight is 233 g/mol. The van der Waals surface area contributed by atoms with E-state index in [9.17, 15) is 9.90 Å². The Morgan fingerprint density at radius 3 is 2.88 bits per heavy atom. The largest absolute Gasteiger partial charge is 0.465 e. The molecule has 0 aliphatic rings. The summed E-state index contributed by atoms with van der Waals surface area (Å²) in [6, 6.07) is 7.68. The van der Waals surface area contributed by atoms with Gasteiger partial charge in [0.15, 0.2) is 0 Å². The summed E-state index contributed by atoms with van der Waals surface area (Å²) in [6.07, 6.45) is 1.79. The standard InChI is InChI=1S/C13H15NO3/c1-2-17-13(16)8-14-7-10(9-15)11-5-3-4-6-12(11)14/h3-7,15H,2,8-9H2,1H3. The van der Waals surface area contributed by atoms with Gasteiger partial charge in [0, 0.05) is 22.7 Å². The Labute approximate surface area is 99.4 Å². The molecule has 0 fully saturated rings. The molecular weight excluding hydrogens is 218 g/mol. The van der Waals surface area contributed by atoms with Gasteiger partial charge >= 0.3 is 5.97 Å². The molecule has 0 aliphatic heterocycles. The molecule has 0 atom stereocenters. The number of aliphatic hydroxyl groups is 1. The predicted molar refractivity (Wildman–Crippen MR) is 64.5 cm³/mol. The quantitative estimate of drug-likeness (QED) is 0.818. The van der Waals surface area contributed by atoms with Gasteiger partial charge in [0.1, 0.15) is 6.54 Å². The van der Waals surface area contributed by atoms with E-state index in [1.54, 1.807) is 17.7 Å². The van der Waals surface area contributed by atoms with Crippen LogP contribution in [0.5, 0.6) is 0 Å². The van der Waals surface area contributed by atoms with Crippen LogP contribution >= 0.6 is 0 Å². The second-order valence-electron chi connectivity index (χ2n) is 3.76. The summed E-state index contributed by atoms with van der Waals surface area (Å²) >= 11 is 0. The first-order valence-electron chi connectivity index (χ1n) is 5.59. The Kier molecular flexibility index (Phi) is 3.44. The molecule has 1 aromatic carbocycles. The third kappa shape index (κ3) is 2.31. The fraction of sp³-hybridized carbons (Fsp3) is 0.308. The van der Waals surface area contributed by atoms with Gasteiger partial charge in [-0.05, 0) is 13.0 Å². The summed E-state index contributed by atoms with van der Waals surface area (Å²) in [5, 5.41) is 10.2. The zero-order chi connectivity index (χ0) is 12.3. The number of fused-ring (bicyclic) bond motifs is 1. The second-order valence-corrected chi connectivity index (χ2v) is 3.76. The van der Waals surface area contributed by atoms with Crippen LogP contribution in [-0.4, -0.2) is 22.2 Å². The smallest absolute Gasteiger partial charge is 0.325 e. The molecule has 1 heterocycles. The number of aromatic nitrogens is 1. The van der Waals surface area contributed by atoms with Crippen molar-refractivity contribution in [3.63, 3.8) is 0 Å². The van der Waals surface area contributed by atoms with Crippen LogP contribution in [0.4, 0.5) is 0 Å². The normalized spacial score (nSPS) is 10.7. The van der Waals surface area contributed by atoms with E-state index in [4.69, 9.17) is 4.74 Å². The van der Waals surface area contributed by atoms with Gasteiger partial charge in [-0.3, -0.25) is 4.79 Å². The van der Waals surface area contributed by atoms with Crippen LogP contribution in [-0.2, 0) is 22.7 Å². The summed E-state index contributed by atoms with van der Waals surface area (Å²) in [5.41, 5.74) is 1.76. The van der Waals surface area contributed by atoms with E-state index < -0.39 is 0 Å². The van der Waals surface area contributed by atoms with Gasteiger partial charge in [0.05, 0.1) is 13.2 Å². The van der Waals surface area contributed by atoms with Crippen molar-refractivity contribution in [2.45, 2.75) is 20.1 Å². The summed E-state index contributed by atoms with van der Waals surface area (Å²) in [4.78, 5) is 11.4. The molecule has 2 aromatic rings. The molecule has 0 radical (unpaired) electrons. The molecule has 0 amide bonds. The minimum atomic E-state index is -0.266. The van der Waals surface area contributed by atoms with Gasteiger partial charge in [-0.1, -0.05) is 18.2 Å². The van der Waals surface area contributed by atoms with Crippen molar-refractivity contribution in [2.75, 3.05) is 6.61 Å². The minimum absolute atomic E-state index is 0.0314. The van der Waals surface area contributed by atoms with Crippen LogP contribution in [0.1, 0.15) is 12.5 Å². The first-order chi connectivity index (χ1) is 8.26. The van der Waals surface area contributed by atoms with E-state index in [0.717, 1.165) is 16.5 Å². The number of benzene rings is 1. The molecule has 0 saturated carbocycles. The molecule has 0 saturated heterocycles. The summed E-state index contributed by atoms with van der Waals surface area (Å²) in [6.45, 7) is 2.31. The monoisotopic (exact) mass is 233 g/mol. The van der Waals surface area contributed by atoms with Gasteiger partial charge in [0.25, 0.3) is 0 Å². The Bertz CT molecular complexity index is 530. The summed E-state index contributed by atoms with van der Waals surface area (Å²) in [5.74, 6) is -0.266. The van der Waals surface area contributed by atoms with Crippen molar-refractivity contribution in [1.29, 1.82) is 0 Å². The first-order valence-corrected chi connectivity index (χ1v) is 5.59. The maximum Gasteiger partial charge on any atom is 0.325 e. The van der Waals surface area contributed by atoms with Crippen molar-refractivity contribution in [3.05, 3.63) is 36.0 Å².